The minimum atomic E-state index is 0.574. The molecule has 3 heterocycles. The zero-order chi connectivity index (χ0) is 46.1. The van der Waals surface area contributed by atoms with Crippen molar-refractivity contribution in [1.82, 2.24) is 19.5 Å². The van der Waals surface area contributed by atoms with Crippen LogP contribution in [0.25, 0.3) is 139 Å². The summed E-state index contributed by atoms with van der Waals surface area (Å²) in [5.74, 6) is 1.78. The fourth-order valence-corrected chi connectivity index (χ4v) is 10.7. The zero-order valence-corrected chi connectivity index (χ0v) is 37.8. The van der Waals surface area contributed by atoms with Gasteiger partial charge in [0.15, 0.2) is 23.1 Å². The van der Waals surface area contributed by atoms with Crippen molar-refractivity contribution in [1.29, 1.82) is 0 Å². The summed E-state index contributed by atoms with van der Waals surface area (Å²) in [5.41, 5.74) is 14.3. The van der Waals surface area contributed by atoms with E-state index in [2.05, 4.69) is 205 Å². The molecule has 5 heteroatoms. The fourth-order valence-electron chi connectivity index (χ4n) is 10.7. The highest BCUT2D eigenvalue weighted by Crippen LogP contribution is 2.48. The second-order valence-electron chi connectivity index (χ2n) is 17.8. The highest BCUT2D eigenvalue weighted by Gasteiger charge is 2.25. The lowest BCUT2D eigenvalue weighted by atomic mass is 9.92. The monoisotopic (exact) mass is 892 g/mol. The molecule has 0 spiro atoms. The number of hydrogen-bond acceptors (Lipinski definition) is 4. The van der Waals surface area contributed by atoms with Crippen LogP contribution in [-0.2, 0) is 0 Å². The Labute approximate surface area is 403 Å². The Hall–Kier alpha value is -9.45. The van der Waals surface area contributed by atoms with Crippen LogP contribution in [0.15, 0.2) is 247 Å². The highest BCUT2D eigenvalue weighted by atomic mass is 16.3. The molecule has 0 unspecified atom stereocenters. The lowest BCUT2D eigenvalue weighted by molar-refractivity contribution is 0.666. The molecule has 14 aromatic rings. The van der Waals surface area contributed by atoms with Gasteiger partial charge in [-0.05, 0) is 79.2 Å². The summed E-state index contributed by atoms with van der Waals surface area (Å²) in [6.45, 7) is 0. The average molecular weight is 893 g/mol. The lowest BCUT2D eigenvalue weighted by Gasteiger charge is -2.13. The second-order valence-corrected chi connectivity index (χ2v) is 17.8. The first-order chi connectivity index (χ1) is 34.7. The number of aromatic nitrogens is 4. The normalized spacial score (nSPS) is 11.7. The fraction of sp³-hybridized carbons (Fsp3) is 0. The van der Waals surface area contributed by atoms with Crippen molar-refractivity contribution in [3.8, 4) is 73.2 Å². The predicted octanol–water partition coefficient (Wildman–Crippen LogP) is 17.2. The van der Waals surface area contributed by atoms with E-state index in [4.69, 9.17) is 19.4 Å². The van der Waals surface area contributed by atoms with Gasteiger partial charge in [-0.15, -0.1) is 0 Å². The summed E-state index contributed by atoms with van der Waals surface area (Å²) in [6.07, 6.45) is 0. The van der Waals surface area contributed by atoms with Crippen LogP contribution in [0.2, 0.25) is 0 Å². The SMILES string of the molecule is c1ccc(-c2ccc(-c3nc(-c4ccccc4)nc(-c4cccc5oc6c(-n7c8cc(-c9ccccc9)c9ccccc9c8c8c9ccccc9c(-c9ccccc9)cc87)cccc6c45)n3)cc2)cc1. The number of nitrogens with zero attached hydrogens (tertiary/aromatic N) is 4. The molecule has 0 N–H and O–H groups in total. The third-order valence-electron chi connectivity index (χ3n) is 13.9. The molecule has 0 aliphatic carbocycles. The van der Waals surface area contributed by atoms with Gasteiger partial charge in [0.2, 0.25) is 0 Å². The molecule has 3 aromatic heterocycles. The molecule has 0 aliphatic heterocycles. The number of para-hydroxylation sites is 1. The van der Waals surface area contributed by atoms with Crippen molar-refractivity contribution in [2.45, 2.75) is 0 Å². The standard InChI is InChI=1S/C65H40N4O/c1-5-19-41(20-6-1)42-35-37-46(38-36-42)64-66-63(45-25-11-4-12-26-45)67-65(68-64)52-32-18-34-58-59(52)51-31-17-33-55(62(51)70-58)69-56-39-53(43-21-7-2-8-22-43)47-27-13-15-29-49(47)60(56)61-50-30-16-14-28-48(50)54(40-57(61)69)44-23-9-3-10-24-44/h1-40H. The summed E-state index contributed by atoms with van der Waals surface area (Å²) in [7, 11) is 0. The van der Waals surface area contributed by atoms with Crippen LogP contribution in [0.1, 0.15) is 0 Å². The maximum atomic E-state index is 7.17. The van der Waals surface area contributed by atoms with Crippen molar-refractivity contribution in [2.75, 3.05) is 0 Å². The predicted molar refractivity (Wildman–Crippen MR) is 289 cm³/mol. The van der Waals surface area contributed by atoms with Crippen LogP contribution in [0.5, 0.6) is 0 Å². The third-order valence-corrected chi connectivity index (χ3v) is 13.9. The van der Waals surface area contributed by atoms with E-state index < -0.39 is 0 Å². The van der Waals surface area contributed by atoms with E-state index in [-0.39, 0.29) is 0 Å². The number of rotatable bonds is 7. The highest BCUT2D eigenvalue weighted by molar-refractivity contribution is 6.32. The summed E-state index contributed by atoms with van der Waals surface area (Å²) < 4.78 is 9.61. The number of benzene rings is 11. The second kappa shape index (κ2) is 16.1. The van der Waals surface area contributed by atoms with Gasteiger partial charge in [-0.2, -0.15) is 0 Å². The van der Waals surface area contributed by atoms with Crippen molar-refractivity contribution < 1.29 is 4.42 Å². The molecule has 326 valence electrons. The number of fused-ring (bicyclic) bond motifs is 10. The summed E-state index contributed by atoms with van der Waals surface area (Å²) in [5, 5.41) is 9.16. The maximum Gasteiger partial charge on any atom is 0.164 e. The van der Waals surface area contributed by atoms with Gasteiger partial charge in [0.05, 0.1) is 16.7 Å². The van der Waals surface area contributed by atoms with E-state index >= 15 is 0 Å². The largest absolute Gasteiger partial charge is 0.454 e. The van der Waals surface area contributed by atoms with Gasteiger partial charge in [0, 0.05) is 38.2 Å². The summed E-state index contributed by atoms with van der Waals surface area (Å²) >= 11 is 0. The van der Waals surface area contributed by atoms with E-state index in [9.17, 15) is 0 Å². The molecular formula is C65H40N4O. The number of hydrogen-bond donors (Lipinski definition) is 0. The van der Waals surface area contributed by atoms with E-state index in [0.717, 1.165) is 77.6 Å². The Morgan fingerprint density at radius 1 is 0.286 bits per heavy atom. The van der Waals surface area contributed by atoms with Crippen LogP contribution in [-0.4, -0.2) is 19.5 Å². The van der Waals surface area contributed by atoms with E-state index in [1.165, 1.54) is 43.4 Å². The van der Waals surface area contributed by atoms with Gasteiger partial charge in [-0.3, -0.25) is 0 Å². The van der Waals surface area contributed by atoms with Gasteiger partial charge in [-0.25, -0.2) is 15.0 Å². The lowest BCUT2D eigenvalue weighted by Crippen LogP contribution is -2.00. The van der Waals surface area contributed by atoms with E-state index in [1.54, 1.807) is 0 Å². The molecule has 0 bridgehead atoms. The quantitative estimate of drug-likeness (QED) is 0.160. The summed E-state index contributed by atoms with van der Waals surface area (Å²) in [4.78, 5) is 15.6. The first kappa shape index (κ1) is 39.7. The van der Waals surface area contributed by atoms with Crippen LogP contribution in [0, 0.1) is 0 Å². The summed E-state index contributed by atoms with van der Waals surface area (Å²) in [6, 6.07) is 85.7. The Kier molecular flexibility index (Phi) is 9.14. The molecule has 0 aliphatic rings. The third kappa shape index (κ3) is 6.36. The van der Waals surface area contributed by atoms with E-state index in [1.807, 2.05) is 42.5 Å². The molecule has 0 fully saturated rings. The van der Waals surface area contributed by atoms with Crippen molar-refractivity contribution in [3.05, 3.63) is 243 Å². The Balaban J connectivity index is 1.05. The molecule has 14 rings (SSSR count). The van der Waals surface area contributed by atoms with Gasteiger partial charge in [0.1, 0.15) is 5.58 Å². The molecule has 0 saturated heterocycles. The van der Waals surface area contributed by atoms with E-state index in [0.29, 0.717) is 17.5 Å². The zero-order valence-electron chi connectivity index (χ0n) is 37.8. The van der Waals surface area contributed by atoms with Gasteiger partial charge < -0.3 is 8.98 Å². The first-order valence-electron chi connectivity index (χ1n) is 23.7. The topological polar surface area (TPSA) is 56.7 Å². The Morgan fingerprint density at radius 2 is 0.700 bits per heavy atom. The molecule has 5 nitrogen and oxygen atoms in total. The smallest absolute Gasteiger partial charge is 0.164 e. The van der Waals surface area contributed by atoms with Crippen LogP contribution < -0.4 is 0 Å². The van der Waals surface area contributed by atoms with Gasteiger partial charge in [0.25, 0.3) is 0 Å². The average Bonchev–Trinajstić information content (AvgIpc) is 4.00. The van der Waals surface area contributed by atoms with Crippen LogP contribution >= 0.6 is 0 Å². The van der Waals surface area contributed by atoms with Crippen molar-refractivity contribution in [2.24, 2.45) is 0 Å². The molecule has 0 amide bonds. The molecule has 0 radical (unpaired) electrons. The molecule has 11 aromatic carbocycles. The minimum Gasteiger partial charge on any atom is -0.454 e. The Bertz CT molecular complexity index is 4180. The van der Waals surface area contributed by atoms with Crippen molar-refractivity contribution in [3.63, 3.8) is 0 Å². The number of furan rings is 1. The molecule has 70 heavy (non-hydrogen) atoms. The Morgan fingerprint density at radius 3 is 1.26 bits per heavy atom. The molecule has 0 saturated carbocycles. The van der Waals surface area contributed by atoms with Crippen molar-refractivity contribution >= 4 is 65.3 Å². The van der Waals surface area contributed by atoms with Crippen LogP contribution in [0.4, 0.5) is 0 Å². The molecular weight excluding hydrogens is 853 g/mol. The van der Waals surface area contributed by atoms with Gasteiger partial charge in [-0.1, -0.05) is 218 Å². The van der Waals surface area contributed by atoms with Crippen LogP contribution in [0.3, 0.4) is 0 Å². The minimum absolute atomic E-state index is 0.574. The van der Waals surface area contributed by atoms with Gasteiger partial charge >= 0.3 is 0 Å². The first-order valence-corrected chi connectivity index (χ1v) is 23.7. The maximum absolute atomic E-state index is 7.17. The molecule has 0 atom stereocenters.